The molecule has 0 aliphatic rings. The largest absolute Gasteiger partial charge is 0.460 e. The highest BCUT2D eigenvalue weighted by atomic mass is 35.5. The predicted octanol–water partition coefficient (Wildman–Crippen LogP) is 6.66. The summed E-state index contributed by atoms with van der Waals surface area (Å²) in [5.41, 5.74) is 2.05. The normalized spacial score (nSPS) is 10.5. The van der Waals surface area contributed by atoms with Gasteiger partial charge in [-0.05, 0) is 61.0 Å². The lowest BCUT2D eigenvalue weighted by atomic mass is 10.1. The van der Waals surface area contributed by atoms with Crippen molar-refractivity contribution < 1.29 is 4.42 Å². The molecule has 0 aliphatic carbocycles. The zero-order valence-corrected chi connectivity index (χ0v) is 16.4. The summed E-state index contributed by atoms with van der Waals surface area (Å²) in [6, 6.07) is 17.1. The zero-order chi connectivity index (χ0) is 16.9. The van der Waals surface area contributed by atoms with E-state index in [1.165, 1.54) is 5.56 Å². The molecule has 3 rings (SSSR count). The summed E-state index contributed by atoms with van der Waals surface area (Å²) >= 11 is 18.1. The van der Waals surface area contributed by atoms with Gasteiger partial charge in [0.15, 0.2) is 0 Å². The van der Waals surface area contributed by atoms with Gasteiger partial charge in [-0.3, -0.25) is 0 Å². The predicted molar refractivity (Wildman–Crippen MR) is 108 cm³/mol. The molecule has 0 bridgehead atoms. The Morgan fingerprint density at radius 3 is 2.32 bits per heavy atom. The van der Waals surface area contributed by atoms with E-state index in [1.54, 1.807) is 18.2 Å². The summed E-state index contributed by atoms with van der Waals surface area (Å²) in [6.45, 7) is 1.52. The smallest absolute Gasteiger partial charge is 0.135 e. The van der Waals surface area contributed by atoms with E-state index >= 15 is 0 Å². The Morgan fingerprint density at radius 1 is 0.840 bits per heavy atom. The number of benzene rings is 2. The average molecular weight is 417 g/mol. The molecule has 132 valence electrons. The monoisotopic (exact) mass is 415 g/mol. The third kappa shape index (κ3) is 5.67. The van der Waals surface area contributed by atoms with Crippen LogP contribution in [0, 0.1) is 0 Å². The molecule has 0 aliphatic heterocycles. The molecule has 0 unspecified atom stereocenters. The highest BCUT2D eigenvalue weighted by Gasteiger charge is 2.09. The van der Waals surface area contributed by atoms with E-state index in [2.05, 4.69) is 5.32 Å². The highest BCUT2D eigenvalue weighted by Crippen LogP contribution is 2.31. The fourth-order valence-corrected chi connectivity index (χ4v) is 2.91. The molecule has 1 heterocycles. The summed E-state index contributed by atoms with van der Waals surface area (Å²) in [4.78, 5) is 0. The molecule has 0 atom stereocenters. The van der Waals surface area contributed by atoms with Crippen LogP contribution in [0.4, 0.5) is 0 Å². The highest BCUT2D eigenvalue weighted by molar-refractivity contribution is 6.35. The van der Waals surface area contributed by atoms with E-state index in [0.29, 0.717) is 16.6 Å². The average Bonchev–Trinajstić information content (AvgIpc) is 3.04. The molecule has 6 heteroatoms. The maximum Gasteiger partial charge on any atom is 0.135 e. The van der Waals surface area contributed by atoms with Crippen molar-refractivity contribution in [2.45, 2.75) is 13.0 Å². The van der Waals surface area contributed by atoms with E-state index in [1.807, 2.05) is 36.4 Å². The standard InChI is InChI=1S/C19H16Cl3NO.ClH/c20-14-3-1-13(2-4-14)9-10-23-12-16-6-8-19(24-16)17-11-15(21)5-7-18(17)22;/h1-8,11,23H,9-10,12H2;1H. The van der Waals surface area contributed by atoms with Crippen LogP contribution in [0.5, 0.6) is 0 Å². The van der Waals surface area contributed by atoms with Crippen molar-refractivity contribution in [2.75, 3.05) is 6.54 Å². The molecule has 3 aromatic rings. The first-order chi connectivity index (χ1) is 11.6. The molecule has 2 aromatic carbocycles. The summed E-state index contributed by atoms with van der Waals surface area (Å²) in [5, 5.41) is 5.38. The quantitative estimate of drug-likeness (QED) is 0.454. The number of hydrogen-bond acceptors (Lipinski definition) is 2. The van der Waals surface area contributed by atoms with Crippen LogP contribution in [0.1, 0.15) is 11.3 Å². The molecule has 2 nitrogen and oxygen atoms in total. The molecule has 0 saturated heterocycles. The van der Waals surface area contributed by atoms with Crippen molar-refractivity contribution in [1.82, 2.24) is 5.32 Å². The number of furan rings is 1. The van der Waals surface area contributed by atoms with Crippen LogP contribution >= 0.6 is 47.2 Å². The molecule has 0 radical (unpaired) electrons. The summed E-state index contributed by atoms with van der Waals surface area (Å²) < 4.78 is 5.85. The van der Waals surface area contributed by atoms with Crippen molar-refractivity contribution in [2.24, 2.45) is 0 Å². The Bertz CT molecular complexity index is 815. The minimum atomic E-state index is 0. The van der Waals surface area contributed by atoms with E-state index < -0.39 is 0 Å². The van der Waals surface area contributed by atoms with E-state index in [0.717, 1.165) is 35.1 Å². The number of hydrogen-bond donors (Lipinski definition) is 1. The molecule has 0 amide bonds. The van der Waals surface area contributed by atoms with Gasteiger partial charge in [-0.2, -0.15) is 0 Å². The SMILES string of the molecule is Cl.Clc1ccc(CCNCc2ccc(-c3cc(Cl)ccc3Cl)o2)cc1. The molecular formula is C19H17Cl4NO. The van der Waals surface area contributed by atoms with Crippen molar-refractivity contribution in [3.05, 3.63) is 81.0 Å². The summed E-state index contributed by atoms with van der Waals surface area (Å²) in [7, 11) is 0. The van der Waals surface area contributed by atoms with Crippen LogP contribution in [0.2, 0.25) is 15.1 Å². The molecule has 0 fully saturated rings. The topological polar surface area (TPSA) is 25.2 Å². The fourth-order valence-electron chi connectivity index (χ4n) is 2.40. The lowest BCUT2D eigenvalue weighted by molar-refractivity contribution is 0.495. The van der Waals surface area contributed by atoms with Gasteiger partial charge in [-0.15, -0.1) is 12.4 Å². The fraction of sp³-hybridized carbons (Fsp3) is 0.158. The zero-order valence-electron chi connectivity index (χ0n) is 13.3. The van der Waals surface area contributed by atoms with Crippen LogP contribution in [-0.4, -0.2) is 6.54 Å². The minimum absolute atomic E-state index is 0. The van der Waals surface area contributed by atoms with E-state index in [-0.39, 0.29) is 12.4 Å². The van der Waals surface area contributed by atoms with Gasteiger partial charge in [-0.1, -0.05) is 46.9 Å². The van der Waals surface area contributed by atoms with Gasteiger partial charge in [0, 0.05) is 15.6 Å². The summed E-state index contributed by atoms with van der Waals surface area (Å²) in [5.74, 6) is 1.58. The third-order valence-corrected chi connectivity index (χ3v) is 4.48. The minimum Gasteiger partial charge on any atom is -0.460 e. The molecule has 1 aromatic heterocycles. The number of nitrogens with one attached hydrogen (secondary N) is 1. The third-order valence-electron chi connectivity index (χ3n) is 3.66. The number of halogens is 4. The van der Waals surface area contributed by atoms with Gasteiger partial charge in [0.25, 0.3) is 0 Å². The Kier molecular flexibility index (Phi) is 7.67. The molecule has 0 spiro atoms. The first-order valence-corrected chi connectivity index (χ1v) is 8.74. The Balaban J connectivity index is 0.00000225. The second kappa shape index (κ2) is 9.51. The summed E-state index contributed by atoms with van der Waals surface area (Å²) in [6.07, 6.45) is 0.935. The second-order valence-corrected chi connectivity index (χ2v) is 6.72. The van der Waals surface area contributed by atoms with Crippen molar-refractivity contribution in [3.63, 3.8) is 0 Å². The Hall–Kier alpha value is -1.16. The van der Waals surface area contributed by atoms with Gasteiger partial charge >= 0.3 is 0 Å². The molecule has 0 saturated carbocycles. The van der Waals surface area contributed by atoms with Crippen molar-refractivity contribution >= 4 is 47.2 Å². The van der Waals surface area contributed by atoms with Crippen LogP contribution in [0.25, 0.3) is 11.3 Å². The van der Waals surface area contributed by atoms with E-state index in [4.69, 9.17) is 39.2 Å². The van der Waals surface area contributed by atoms with Gasteiger partial charge in [-0.25, -0.2) is 0 Å². The van der Waals surface area contributed by atoms with E-state index in [9.17, 15) is 0 Å². The van der Waals surface area contributed by atoms with Crippen LogP contribution in [0.15, 0.2) is 59.0 Å². The van der Waals surface area contributed by atoms with Crippen molar-refractivity contribution in [1.29, 1.82) is 0 Å². The number of rotatable bonds is 6. The lowest BCUT2D eigenvalue weighted by Crippen LogP contribution is -2.16. The molecule has 25 heavy (non-hydrogen) atoms. The van der Waals surface area contributed by atoms with Gasteiger partial charge < -0.3 is 9.73 Å². The van der Waals surface area contributed by atoms with Crippen molar-refractivity contribution in [3.8, 4) is 11.3 Å². The van der Waals surface area contributed by atoms with Crippen LogP contribution in [0.3, 0.4) is 0 Å². The van der Waals surface area contributed by atoms with Gasteiger partial charge in [0.2, 0.25) is 0 Å². The lowest BCUT2D eigenvalue weighted by Gasteiger charge is -2.04. The van der Waals surface area contributed by atoms with Gasteiger partial charge in [0.1, 0.15) is 11.5 Å². The first-order valence-electron chi connectivity index (χ1n) is 7.61. The van der Waals surface area contributed by atoms with Crippen LogP contribution in [-0.2, 0) is 13.0 Å². The molecular weight excluding hydrogens is 400 g/mol. The molecule has 1 N–H and O–H groups in total. The first kappa shape index (κ1) is 20.2. The second-order valence-electron chi connectivity index (χ2n) is 5.44. The maximum atomic E-state index is 6.20. The Labute approximate surface area is 168 Å². The Morgan fingerprint density at radius 2 is 1.56 bits per heavy atom. The van der Waals surface area contributed by atoms with Gasteiger partial charge in [0.05, 0.1) is 11.6 Å². The maximum absolute atomic E-state index is 6.20. The van der Waals surface area contributed by atoms with Crippen LogP contribution < -0.4 is 5.32 Å².